The number of methoxy groups -OCH3 is 1. The molecule has 0 spiro atoms. The Balaban J connectivity index is 1.84. The maximum absolute atomic E-state index is 14.7. The van der Waals surface area contributed by atoms with Crippen LogP contribution in [0, 0.1) is 45.3 Å². The summed E-state index contributed by atoms with van der Waals surface area (Å²) >= 11 is 0. The molecule has 0 saturated heterocycles. The third-order valence-electron chi connectivity index (χ3n) is 12.1. The molecule has 9 nitrogen and oxygen atoms in total. The summed E-state index contributed by atoms with van der Waals surface area (Å²) in [5.41, 5.74) is -3.06. The second-order valence-electron chi connectivity index (χ2n) is 14.7. The average Bonchev–Trinajstić information content (AvgIpc) is 3.11. The maximum atomic E-state index is 14.7. The van der Waals surface area contributed by atoms with Crippen molar-refractivity contribution < 1.29 is 43.7 Å². The highest BCUT2D eigenvalue weighted by Crippen LogP contribution is 2.71. The number of aliphatic hydroxyl groups excluding tert-OH is 2. The van der Waals surface area contributed by atoms with Gasteiger partial charge in [-0.15, -0.1) is 0 Å². The fraction of sp³-hybridized carbons (Fsp3) is 0.788. The van der Waals surface area contributed by atoms with Crippen LogP contribution in [-0.4, -0.2) is 64.9 Å². The van der Waals surface area contributed by atoms with Gasteiger partial charge in [0, 0.05) is 37.2 Å². The Kier molecular flexibility index (Phi) is 8.25. The van der Waals surface area contributed by atoms with Crippen molar-refractivity contribution in [2.45, 2.75) is 112 Å². The summed E-state index contributed by atoms with van der Waals surface area (Å²) in [4.78, 5) is 66.4. The van der Waals surface area contributed by atoms with Crippen molar-refractivity contribution in [3.8, 4) is 0 Å². The first-order valence-electron chi connectivity index (χ1n) is 15.3. The van der Waals surface area contributed by atoms with Crippen LogP contribution >= 0.6 is 0 Å². The largest absolute Gasteiger partial charge is 0.469 e. The lowest BCUT2D eigenvalue weighted by Gasteiger charge is -2.62. The molecule has 4 aliphatic carbocycles. The molecular weight excluding hydrogens is 540 g/mol. The Hall–Kier alpha value is -2.39. The van der Waals surface area contributed by atoms with Crippen LogP contribution < -0.4 is 0 Å². The normalized spacial score (nSPS) is 40.4. The van der Waals surface area contributed by atoms with E-state index in [1.54, 1.807) is 20.8 Å². The van der Waals surface area contributed by atoms with Gasteiger partial charge in [-0.2, -0.15) is 0 Å². The van der Waals surface area contributed by atoms with Gasteiger partial charge >= 0.3 is 11.9 Å². The lowest BCUT2D eigenvalue weighted by molar-refractivity contribution is -0.178. The SMILES string of the molecule is COC(=O)C(C)CC(=O)C[C@@H](C)[C@H]1CC(=O)[C@@]2(C)C3=C(C(=O)[C@@H](OC(C)=O)[C@]12C)[C@@]1(C)CC[C@H](O)C(C)(C)[C@@H]1C[C@@H]3O. The van der Waals surface area contributed by atoms with Crippen LogP contribution in [0.4, 0.5) is 0 Å². The summed E-state index contributed by atoms with van der Waals surface area (Å²) in [6.07, 6.45) is -1.58. The first-order valence-corrected chi connectivity index (χ1v) is 15.3. The van der Waals surface area contributed by atoms with Gasteiger partial charge in [0.15, 0.2) is 6.10 Å². The van der Waals surface area contributed by atoms with Crippen molar-refractivity contribution in [1.82, 2.24) is 0 Å². The quantitative estimate of drug-likeness (QED) is 0.425. The zero-order chi connectivity index (χ0) is 31.7. The zero-order valence-corrected chi connectivity index (χ0v) is 26.5. The number of Topliss-reactive ketones (excluding diaryl/α,β-unsaturated/α-hetero) is 3. The smallest absolute Gasteiger partial charge is 0.308 e. The molecular formula is C33H48O9. The van der Waals surface area contributed by atoms with Crippen LogP contribution in [-0.2, 0) is 33.4 Å². The predicted molar refractivity (Wildman–Crippen MR) is 153 cm³/mol. The molecule has 0 heterocycles. The van der Waals surface area contributed by atoms with Crippen LogP contribution in [0.2, 0.25) is 0 Å². The highest BCUT2D eigenvalue weighted by atomic mass is 16.5. The second-order valence-corrected chi connectivity index (χ2v) is 14.7. The van der Waals surface area contributed by atoms with Gasteiger partial charge in [0.05, 0.1) is 30.7 Å². The molecule has 0 bridgehead atoms. The molecule has 0 radical (unpaired) electrons. The minimum Gasteiger partial charge on any atom is -0.469 e. The van der Waals surface area contributed by atoms with Crippen LogP contribution in [0.3, 0.4) is 0 Å². The minimum absolute atomic E-state index is 0.00659. The molecule has 234 valence electrons. The number of aliphatic hydroxyl groups is 2. The summed E-state index contributed by atoms with van der Waals surface area (Å²) in [5.74, 6) is -3.55. The third kappa shape index (κ3) is 4.44. The molecule has 2 N–H and O–H groups in total. The van der Waals surface area contributed by atoms with E-state index in [0.29, 0.717) is 30.4 Å². The van der Waals surface area contributed by atoms with E-state index in [1.165, 1.54) is 14.0 Å². The Labute approximate surface area is 248 Å². The summed E-state index contributed by atoms with van der Waals surface area (Å²) in [5, 5.41) is 22.7. The van der Waals surface area contributed by atoms with Gasteiger partial charge in [-0.25, -0.2) is 0 Å². The van der Waals surface area contributed by atoms with E-state index in [9.17, 15) is 34.2 Å². The molecule has 0 aromatic rings. The van der Waals surface area contributed by atoms with E-state index >= 15 is 0 Å². The highest BCUT2D eigenvalue weighted by Gasteiger charge is 2.74. The predicted octanol–water partition coefficient (Wildman–Crippen LogP) is 3.76. The van der Waals surface area contributed by atoms with Gasteiger partial charge in [0.2, 0.25) is 5.78 Å². The van der Waals surface area contributed by atoms with E-state index in [0.717, 1.165) is 0 Å². The van der Waals surface area contributed by atoms with Gasteiger partial charge in [-0.05, 0) is 60.3 Å². The number of hydrogen-bond acceptors (Lipinski definition) is 9. The first-order chi connectivity index (χ1) is 19.3. The zero-order valence-electron chi connectivity index (χ0n) is 26.5. The lowest BCUT2D eigenvalue weighted by Crippen LogP contribution is -2.65. The summed E-state index contributed by atoms with van der Waals surface area (Å²) in [6, 6.07) is 0. The van der Waals surface area contributed by atoms with Gasteiger partial charge in [0.1, 0.15) is 11.6 Å². The fourth-order valence-corrected chi connectivity index (χ4v) is 9.64. The molecule has 1 unspecified atom stereocenters. The molecule has 2 fully saturated rings. The van der Waals surface area contributed by atoms with Crippen LogP contribution in [0.25, 0.3) is 0 Å². The number of ketones is 3. The Morgan fingerprint density at radius 1 is 1.02 bits per heavy atom. The van der Waals surface area contributed by atoms with E-state index in [2.05, 4.69) is 0 Å². The Bertz CT molecular complexity index is 1230. The number of esters is 2. The highest BCUT2D eigenvalue weighted by molar-refractivity contribution is 6.08. The monoisotopic (exact) mass is 588 g/mol. The van der Waals surface area contributed by atoms with Gasteiger partial charge in [-0.3, -0.25) is 24.0 Å². The fourth-order valence-electron chi connectivity index (χ4n) is 9.64. The number of carbonyl (C=O) groups excluding carboxylic acids is 5. The molecule has 10 atom stereocenters. The summed E-state index contributed by atoms with van der Waals surface area (Å²) in [6.45, 7) is 14.2. The first kappa shape index (κ1) is 32.5. The number of hydrogen-bond donors (Lipinski definition) is 2. The van der Waals surface area contributed by atoms with Crippen molar-refractivity contribution >= 4 is 29.3 Å². The van der Waals surface area contributed by atoms with Crippen LogP contribution in [0.5, 0.6) is 0 Å². The molecule has 0 amide bonds. The molecule has 0 aromatic heterocycles. The molecule has 42 heavy (non-hydrogen) atoms. The van der Waals surface area contributed by atoms with Crippen molar-refractivity contribution in [2.24, 2.45) is 45.3 Å². The molecule has 0 aromatic carbocycles. The minimum atomic E-state index is -1.31. The van der Waals surface area contributed by atoms with Crippen molar-refractivity contribution in [3.05, 3.63) is 11.1 Å². The van der Waals surface area contributed by atoms with Crippen LogP contribution in [0.15, 0.2) is 11.1 Å². The average molecular weight is 589 g/mol. The number of ether oxygens (including phenoxy) is 2. The number of rotatable bonds is 7. The van der Waals surface area contributed by atoms with Crippen molar-refractivity contribution in [1.29, 1.82) is 0 Å². The maximum Gasteiger partial charge on any atom is 0.308 e. The van der Waals surface area contributed by atoms with E-state index < -0.39 is 69.5 Å². The van der Waals surface area contributed by atoms with E-state index in [1.807, 2.05) is 27.7 Å². The third-order valence-corrected chi connectivity index (χ3v) is 12.1. The van der Waals surface area contributed by atoms with Crippen molar-refractivity contribution in [2.75, 3.05) is 7.11 Å². The molecule has 9 heteroatoms. The number of fused-ring (bicyclic) bond motifs is 4. The lowest BCUT2D eigenvalue weighted by atomic mass is 9.41. The van der Waals surface area contributed by atoms with E-state index in [-0.39, 0.29) is 42.7 Å². The molecule has 2 saturated carbocycles. The van der Waals surface area contributed by atoms with Crippen LogP contribution in [0.1, 0.15) is 93.9 Å². The van der Waals surface area contributed by atoms with Gasteiger partial charge in [0.25, 0.3) is 0 Å². The Morgan fingerprint density at radius 2 is 1.64 bits per heavy atom. The molecule has 4 aliphatic rings. The molecule has 0 aliphatic heterocycles. The van der Waals surface area contributed by atoms with Gasteiger partial charge < -0.3 is 19.7 Å². The second kappa shape index (κ2) is 10.7. The topological polar surface area (TPSA) is 144 Å². The standard InChI is InChI=1S/C33H48O9/c1-16(12-19(35)13-17(2)29(40)41-9)20-14-24(38)33(8)25-21(36)15-22-30(4,5)23(37)10-11-31(22,6)26(25)27(39)28(32(20,33)7)42-18(3)34/h16-17,20-23,28,36-37H,10-15H2,1-9H3/t16-,17?,20-,21+,22+,23+,28-,31+,32+,33+/m1/s1. The summed E-state index contributed by atoms with van der Waals surface area (Å²) < 4.78 is 10.6. The van der Waals surface area contributed by atoms with Crippen molar-refractivity contribution in [3.63, 3.8) is 0 Å². The molecule has 4 rings (SSSR count). The Morgan fingerprint density at radius 3 is 2.21 bits per heavy atom. The van der Waals surface area contributed by atoms with Gasteiger partial charge in [-0.1, -0.05) is 41.5 Å². The number of carbonyl (C=O) groups is 5. The van der Waals surface area contributed by atoms with E-state index in [4.69, 9.17) is 9.47 Å². The summed E-state index contributed by atoms with van der Waals surface area (Å²) in [7, 11) is 1.27.